The van der Waals surface area contributed by atoms with Crippen LogP contribution in [-0.4, -0.2) is 25.6 Å². The van der Waals surface area contributed by atoms with Crippen LogP contribution < -0.4 is 14.8 Å². The van der Waals surface area contributed by atoms with E-state index >= 15 is 0 Å². The molecule has 1 fully saturated rings. The SMILES string of the molecule is c1ccc(Oc2ccc(Oc3nc4nc(-c5ccc(NC6CCC6)cc5)c(-c5ccccc5)cn4n3)cc2)cc1. The molecule has 7 heteroatoms. The summed E-state index contributed by atoms with van der Waals surface area (Å²) in [6.07, 6.45) is 5.74. The van der Waals surface area contributed by atoms with Gasteiger partial charge in [0.2, 0.25) is 0 Å². The Kier molecular flexibility index (Phi) is 6.30. The first kappa shape index (κ1) is 23.9. The number of benzene rings is 4. The largest absolute Gasteiger partial charge is 0.457 e. The van der Waals surface area contributed by atoms with Gasteiger partial charge in [-0.25, -0.2) is 9.50 Å². The Labute approximate surface area is 232 Å². The standard InChI is InChI=1S/C33H27N5O2/c1-3-8-23(9-4-1)30-22-38-32(35-31(30)24-14-16-26(17-15-24)34-25-10-7-11-25)36-33(37-38)40-29-20-18-28(19-21-29)39-27-12-5-2-6-13-27/h1-6,8-9,12-22,25,34H,7,10-11H2. The Morgan fingerprint density at radius 2 is 1.30 bits per heavy atom. The van der Waals surface area contributed by atoms with Gasteiger partial charge in [0.1, 0.15) is 17.2 Å². The van der Waals surface area contributed by atoms with Crippen molar-refractivity contribution in [2.75, 3.05) is 5.32 Å². The van der Waals surface area contributed by atoms with Gasteiger partial charge in [-0.3, -0.25) is 0 Å². The van der Waals surface area contributed by atoms with E-state index < -0.39 is 0 Å². The van der Waals surface area contributed by atoms with Gasteiger partial charge in [-0.15, -0.1) is 5.10 Å². The van der Waals surface area contributed by atoms with Gasteiger partial charge in [0.15, 0.2) is 0 Å². The molecule has 4 aromatic carbocycles. The van der Waals surface area contributed by atoms with Crippen molar-refractivity contribution in [3.05, 3.63) is 115 Å². The molecule has 196 valence electrons. The fourth-order valence-corrected chi connectivity index (χ4v) is 4.71. The minimum atomic E-state index is 0.223. The minimum Gasteiger partial charge on any atom is -0.457 e. The molecule has 0 saturated heterocycles. The summed E-state index contributed by atoms with van der Waals surface area (Å²) in [6, 6.07) is 36.5. The van der Waals surface area contributed by atoms with Crippen LogP contribution in [0.3, 0.4) is 0 Å². The zero-order valence-corrected chi connectivity index (χ0v) is 21.8. The van der Waals surface area contributed by atoms with E-state index in [1.807, 2.05) is 79.0 Å². The number of aromatic nitrogens is 4. The van der Waals surface area contributed by atoms with Crippen molar-refractivity contribution in [1.82, 2.24) is 19.6 Å². The van der Waals surface area contributed by atoms with Crippen LogP contribution in [-0.2, 0) is 0 Å². The summed E-state index contributed by atoms with van der Waals surface area (Å²) in [4.78, 5) is 9.50. The van der Waals surface area contributed by atoms with Crippen LogP contribution in [0.15, 0.2) is 115 Å². The predicted molar refractivity (Wildman–Crippen MR) is 156 cm³/mol. The Hall–Kier alpha value is -5.17. The number of ether oxygens (including phenoxy) is 2. The smallest absolute Gasteiger partial charge is 0.343 e. The highest BCUT2D eigenvalue weighted by Crippen LogP contribution is 2.33. The molecule has 6 aromatic rings. The van der Waals surface area contributed by atoms with Gasteiger partial charge in [-0.2, -0.15) is 4.98 Å². The lowest BCUT2D eigenvalue weighted by atomic mass is 9.93. The van der Waals surface area contributed by atoms with E-state index in [9.17, 15) is 0 Å². The summed E-state index contributed by atoms with van der Waals surface area (Å²) in [5.41, 5.74) is 5.01. The zero-order chi connectivity index (χ0) is 26.7. The van der Waals surface area contributed by atoms with Gasteiger partial charge in [0, 0.05) is 29.1 Å². The van der Waals surface area contributed by atoms with Crippen molar-refractivity contribution in [1.29, 1.82) is 0 Å². The summed E-state index contributed by atoms with van der Waals surface area (Å²) >= 11 is 0. The van der Waals surface area contributed by atoms with Crippen molar-refractivity contribution in [3.8, 4) is 45.6 Å². The van der Waals surface area contributed by atoms with E-state index in [1.54, 1.807) is 4.52 Å². The van der Waals surface area contributed by atoms with Crippen LogP contribution in [0.25, 0.3) is 28.2 Å². The summed E-state index contributed by atoms with van der Waals surface area (Å²) in [5.74, 6) is 2.56. The minimum absolute atomic E-state index is 0.223. The van der Waals surface area contributed by atoms with Crippen LogP contribution >= 0.6 is 0 Å². The van der Waals surface area contributed by atoms with Crippen LogP contribution in [0.5, 0.6) is 23.3 Å². The maximum absolute atomic E-state index is 5.98. The van der Waals surface area contributed by atoms with Crippen molar-refractivity contribution in [2.24, 2.45) is 0 Å². The fourth-order valence-electron chi connectivity index (χ4n) is 4.71. The molecule has 0 spiro atoms. The molecule has 7 nitrogen and oxygen atoms in total. The van der Waals surface area contributed by atoms with E-state index in [2.05, 4.69) is 51.8 Å². The van der Waals surface area contributed by atoms with Crippen LogP contribution in [0.2, 0.25) is 0 Å². The van der Waals surface area contributed by atoms with Gasteiger partial charge in [-0.05, 0) is 73.4 Å². The Morgan fingerprint density at radius 1 is 0.650 bits per heavy atom. The first-order chi connectivity index (χ1) is 19.8. The first-order valence-corrected chi connectivity index (χ1v) is 13.5. The topological polar surface area (TPSA) is 73.6 Å². The molecule has 1 aliphatic rings. The molecule has 0 amide bonds. The second-order valence-electron chi connectivity index (χ2n) is 9.85. The Bertz CT molecular complexity index is 1730. The normalized spacial score (nSPS) is 13.1. The van der Waals surface area contributed by atoms with E-state index in [0.717, 1.165) is 33.8 Å². The van der Waals surface area contributed by atoms with Gasteiger partial charge in [0.25, 0.3) is 5.78 Å². The highest BCUT2D eigenvalue weighted by atomic mass is 16.5. The highest BCUT2D eigenvalue weighted by molar-refractivity contribution is 5.81. The monoisotopic (exact) mass is 525 g/mol. The van der Waals surface area contributed by atoms with E-state index in [0.29, 0.717) is 23.3 Å². The number of hydrogen-bond donors (Lipinski definition) is 1. The third-order valence-electron chi connectivity index (χ3n) is 7.04. The molecule has 1 N–H and O–H groups in total. The third kappa shape index (κ3) is 5.09. The van der Waals surface area contributed by atoms with E-state index in [4.69, 9.17) is 14.5 Å². The van der Waals surface area contributed by atoms with Crippen LogP contribution in [0, 0.1) is 0 Å². The predicted octanol–water partition coefficient (Wildman–Crippen LogP) is 8.01. The van der Waals surface area contributed by atoms with Crippen molar-refractivity contribution >= 4 is 11.5 Å². The molecule has 2 heterocycles. The number of nitrogens with zero attached hydrogens (tertiary/aromatic N) is 4. The second-order valence-corrected chi connectivity index (χ2v) is 9.85. The molecule has 0 bridgehead atoms. The van der Waals surface area contributed by atoms with Gasteiger partial charge in [0.05, 0.1) is 5.69 Å². The van der Waals surface area contributed by atoms with Gasteiger partial charge >= 0.3 is 6.01 Å². The Morgan fingerprint density at radius 3 is 1.98 bits per heavy atom. The molecule has 40 heavy (non-hydrogen) atoms. The lowest BCUT2D eigenvalue weighted by molar-refractivity contribution is 0.439. The summed E-state index contributed by atoms with van der Waals surface area (Å²) in [6.45, 7) is 0. The number of rotatable bonds is 8. The molecule has 0 atom stereocenters. The molecule has 0 radical (unpaired) electrons. The Balaban J connectivity index is 1.17. The number of nitrogens with one attached hydrogen (secondary N) is 1. The number of fused-ring (bicyclic) bond motifs is 1. The van der Waals surface area contributed by atoms with Crippen LogP contribution in [0.4, 0.5) is 5.69 Å². The maximum atomic E-state index is 5.98. The van der Waals surface area contributed by atoms with Crippen LogP contribution in [0.1, 0.15) is 19.3 Å². The van der Waals surface area contributed by atoms with Gasteiger partial charge in [-0.1, -0.05) is 60.7 Å². The molecule has 1 saturated carbocycles. The molecular weight excluding hydrogens is 498 g/mol. The number of anilines is 1. The number of para-hydroxylation sites is 1. The lowest BCUT2D eigenvalue weighted by Crippen LogP contribution is -2.26. The molecular formula is C33H27N5O2. The quantitative estimate of drug-likeness (QED) is 0.217. The van der Waals surface area contributed by atoms with E-state index in [-0.39, 0.29) is 6.01 Å². The highest BCUT2D eigenvalue weighted by Gasteiger charge is 2.18. The average Bonchev–Trinajstić information content (AvgIpc) is 3.38. The number of hydrogen-bond acceptors (Lipinski definition) is 6. The fraction of sp³-hybridized carbons (Fsp3) is 0.121. The third-order valence-corrected chi connectivity index (χ3v) is 7.04. The summed E-state index contributed by atoms with van der Waals surface area (Å²) in [7, 11) is 0. The summed E-state index contributed by atoms with van der Waals surface area (Å²) < 4.78 is 13.5. The average molecular weight is 526 g/mol. The molecule has 2 aromatic heterocycles. The maximum Gasteiger partial charge on any atom is 0.343 e. The van der Waals surface area contributed by atoms with E-state index in [1.165, 1.54) is 19.3 Å². The molecule has 0 unspecified atom stereocenters. The van der Waals surface area contributed by atoms with Gasteiger partial charge < -0.3 is 14.8 Å². The van der Waals surface area contributed by atoms with Crippen molar-refractivity contribution < 1.29 is 9.47 Å². The lowest BCUT2D eigenvalue weighted by Gasteiger charge is -2.27. The molecule has 0 aliphatic heterocycles. The molecule has 7 rings (SSSR count). The van der Waals surface area contributed by atoms with Crippen molar-refractivity contribution in [2.45, 2.75) is 25.3 Å². The zero-order valence-electron chi connectivity index (χ0n) is 21.8. The second kappa shape index (κ2) is 10.5. The summed E-state index contributed by atoms with van der Waals surface area (Å²) in [5, 5.41) is 8.16. The first-order valence-electron chi connectivity index (χ1n) is 13.5. The van der Waals surface area contributed by atoms with Crippen molar-refractivity contribution in [3.63, 3.8) is 0 Å². The molecule has 1 aliphatic carbocycles.